The fourth-order valence-electron chi connectivity index (χ4n) is 10.3. The normalized spacial score (nSPS) is 11.8. The molecule has 0 aliphatic carbocycles. The molecular formula is C60H42N2Si. The second kappa shape index (κ2) is 15.2. The van der Waals surface area contributed by atoms with Crippen LogP contribution in [0.4, 0.5) is 0 Å². The highest BCUT2D eigenvalue weighted by Crippen LogP contribution is 2.41. The molecule has 0 atom stereocenters. The Balaban J connectivity index is 1.16. The number of para-hydroxylation sites is 2. The van der Waals surface area contributed by atoms with E-state index in [-0.39, 0.29) is 0 Å². The second-order valence-electron chi connectivity index (χ2n) is 16.5. The first-order valence-corrected chi connectivity index (χ1v) is 23.8. The average molecular weight is 819 g/mol. The molecule has 0 radical (unpaired) electrons. The van der Waals surface area contributed by atoms with Crippen molar-refractivity contribution in [3.05, 3.63) is 255 Å². The maximum atomic E-state index is 2.52. The predicted molar refractivity (Wildman–Crippen MR) is 270 cm³/mol. The summed E-state index contributed by atoms with van der Waals surface area (Å²) in [6, 6.07) is 94.3. The number of aromatic nitrogens is 2. The lowest BCUT2D eigenvalue weighted by atomic mass is 10.0. The van der Waals surface area contributed by atoms with Crippen LogP contribution in [-0.4, -0.2) is 17.2 Å². The van der Waals surface area contributed by atoms with E-state index < -0.39 is 8.07 Å². The van der Waals surface area contributed by atoms with Gasteiger partial charge in [0.1, 0.15) is 0 Å². The van der Waals surface area contributed by atoms with Crippen LogP contribution in [0, 0.1) is 0 Å². The van der Waals surface area contributed by atoms with Gasteiger partial charge in [0, 0.05) is 38.5 Å². The van der Waals surface area contributed by atoms with Crippen molar-refractivity contribution in [1.82, 2.24) is 9.13 Å². The highest BCUT2D eigenvalue weighted by atomic mass is 28.3. The van der Waals surface area contributed by atoms with Gasteiger partial charge in [-0.15, -0.1) is 0 Å². The Bertz CT molecular complexity index is 3500. The molecule has 0 aliphatic heterocycles. The van der Waals surface area contributed by atoms with Gasteiger partial charge in [0.2, 0.25) is 0 Å². The van der Waals surface area contributed by atoms with E-state index in [2.05, 4.69) is 264 Å². The molecule has 12 aromatic rings. The van der Waals surface area contributed by atoms with E-state index in [1.165, 1.54) is 86.6 Å². The van der Waals surface area contributed by atoms with Gasteiger partial charge in [-0.1, -0.05) is 218 Å². The monoisotopic (exact) mass is 818 g/mol. The molecule has 0 amide bonds. The number of hydrogen-bond acceptors (Lipinski definition) is 0. The first-order chi connectivity index (χ1) is 31.3. The zero-order valence-electron chi connectivity index (χ0n) is 34.6. The maximum absolute atomic E-state index is 2.80. The van der Waals surface area contributed by atoms with Crippen molar-refractivity contribution in [3.8, 4) is 33.6 Å². The molecule has 12 rings (SSSR count). The van der Waals surface area contributed by atoms with E-state index in [1.807, 2.05) is 0 Å². The molecular weight excluding hydrogens is 777 g/mol. The zero-order chi connectivity index (χ0) is 41.7. The van der Waals surface area contributed by atoms with E-state index in [1.54, 1.807) is 0 Å². The minimum Gasteiger partial charge on any atom is -0.309 e. The molecule has 0 aliphatic rings. The summed E-state index contributed by atoms with van der Waals surface area (Å²) in [6.45, 7) is 0. The lowest BCUT2D eigenvalue weighted by molar-refractivity contribution is 1.16. The minimum absolute atomic E-state index is 1.13. The summed E-state index contributed by atoms with van der Waals surface area (Å²) >= 11 is 0. The molecule has 2 heterocycles. The van der Waals surface area contributed by atoms with Gasteiger partial charge in [0.15, 0.2) is 8.07 Å². The van der Waals surface area contributed by atoms with Gasteiger partial charge in [0.25, 0.3) is 0 Å². The Labute approximate surface area is 368 Å². The lowest BCUT2D eigenvalue weighted by Crippen LogP contribution is -2.74. The van der Waals surface area contributed by atoms with Gasteiger partial charge in [0.05, 0.1) is 22.1 Å². The smallest absolute Gasteiger partial charge is 0.179 e. The molecule has 296 valence electrons. The highest BCUT2D eigenvalue weighted by Gasteiger charge is 2.41. The Morgan fingerprint density at radius 3 is 1.40 bits per heavy atom. The van der Waals surface area contributed by atoms with Crippen molar-refractivity contribution >= 4 is 72.4 Å². The van der Waals surface area contributed by atoms with E-state index in [4.69, 9.17) is 0 Å². The van der Waals surface area contributed by atoms with E-state index in [0.29, 0.717) is 0 Å². The molecule has 10 aromatic carbocycles. The summed E-state index contributed by atoms with van der Waals surface area (Å²) in [5.41, 5.74) is 11.8. The maximum Gasteiger partial charge on any atom is 0.179 e. The largest absolute Gasteiger partial charge is 0.309 e. The number of rotatable bonds is 8. The van der Waals surface area contributed by atoms with E-state index in [0.717, 1.165) is 11.4 Å². The van der Waals surface area contributed by atoms with Crippen molar-refractivity contribution in [2.24, 2.45) is 0 Å². The van der Waals surface area contributed by atoms with Crippen molar-refractivity contribution < 1.29 is 0 Å². The molecule has 2 nitrogen and oxygen atoms in total. The van der Waals surface area contributed by atoms with Gasteiger partial charge >= 0.3 is 0 Å². The third kappa shape index (κ3) is 5.93. The quantitative estimate of drug-likeness (QED) is 0.107. The zero-order valence-corrected chi connectivity index (χ0v) is 35.6. The molecule has 0 bridgehead atoms. The Morgan fingerprint density at radius 1 is 0.254 bits per heavy atom. The van der Waals surface area contributed by atoms with E-state index >= 15 is 0 Å². The Hall–Kier alpha value is -7.98. The second-order valence-corrected chi connectivity index (χ2v) is 20.3. The molecule has 0 saturated carbocycles. The number of nitrogens with zero attached hydrogens (tertiary/aromatic N) is 2. The fourth-order valence-corrected chi connectivity index (χ4v) is 15.1. The Morgan fingerprint density at radius 2 is 0.730 bits per heavy atom. The first kappa shape index (κ1) is 36.8. The predicted octanol–water partition coefficient (Wildman–Crippen LogP) is 12.6. The van der Waals surface area contributed by atoms with Gasteiger partial charge in [-0.05, 0) is 73.8 Å². The van der Waals surface area contributed by atoms with Crippen LogP contribution < -0.4 is 20.7 Å². The third-order valence-corrected chi connectivity index (χ3v) is 17.8. The molecule has 3 heteroatoms. The lowest BCUT2D eigenvalue weighted by Gasteiger charge is -2.34. The number of benzene rings is 10. The molecule has 0 saturated heterocycles. The van der Waals surface area contributed by atoms with Crippen LogP contribution in [0.2, 0.25) is 0 Å². The third-order valence-electron chi connectivity index (χ3n) is 13.1. The standard InChI is InChI=1S/C60H42N2Si/c1-6-20-43(21-7-1)45-24-18-25-46(40-45)62-58-41-47(36-38-55(58)56-34-19-33-52(60(56)62)44-22-8-2-9-23-44)61-57-35-17-16-32-53(57)54-39-37-51(42-59(54)61)63(48-26-10-3-11-27-48,49-28-12-4-13-29-49)50-30-14-5-15-31-50/h1-42H. The number of fused-ring (bicyclic) bond motifs is 6. The summed E-state index contributed by atoms with van der Waals surface area (Å²) < 4.78 is 5.01. The number of hydrogen-bond donors (Lipinski definition) is 0. The Kier molecular flexibility index (Phi) is 8.87. The van der Waals surface area contributed by atoms with Crippen LogP contribution in [0.5, 0.6) is 0 Å². The van der Waals surface area contributed by atoms with E-state index in [9.17, 15) is 0 Å². The molecule has 0 unspecified atom stereocenters. The van der Waals surface area contributed by atoms with Crippen molar-refractivity contribution in [2.75, 3.05) is 0 Å². The summed E-state index contributed by atoms with van der Waals surface area (Å²) in [6.07, 6.45) is 0. The minimum atomic E-state index is -2.80. The molecule has 0 fully saturated rings. The van der Waals surface area contributed by atoms with Crippen LogP contribution in [-0.2, 0) is 0 Å². The van der Waals surface area contributed by atoms with Crippen LogP contribution in [0.1, 0.15) is 0 Å². The summed E-state index contributed by atoms with van der Waals surface area (Å²) in [5.74, 6) is 0. The highest BCUT2D eigenvalue weighted by molar-refractivity contribution is 7.20. The summed E-state index contributed by atoms with van der Waals surface area (Å²) in [5, 5.41) is 10.4. The molecule has 63 heavy (non-hydrogen) atoms. The summed E-state index contributed by atoms with van der Waals surface area (Å²) in [4.78, 5) is 0. The molecule has 0 spiro atoms. The van der Waals surface area contributed by atoms with Crippen molar-refractivity contribution in [1.29, 1.82) is 0 Å². The molecule has 2 aromatic heterocycles. The van der Waals surface area contributed by atoms with Crippen LogP contribution in [0.15, 0.2) is 255 Å². The fraction of sp³-hybridized carbons (Fsp3) is 0. The van der Waals surface area contributed by atoms with Crippen molar-refractivity contribution in [3.63, 3.8) is 0 Å². The van der Waals surface area contributed by atoms with Crippen LogP contribution in [0.25, 0.3) is 77.2 Å². The van der Waals surface area contributed by atoms with Crippen molar-refractivity contribution in [2.45, 2.75) is 0 Å². The SMILES string of the molecule is c1ccc(-c2cccc(-n3c4cc(-n5c6ccccc6c6ccc([Si](c7ccccc7)(c7ccccc7)c7ccccc7)cc65)ccc4c4cccc(-c5ccccc5)c43)c2)cc1. The van der Waals surface area contributed by atoms with Gasteiger partial charge in [-0.3, -0.25) is 0 Å². The molecule has 0 N–H and O–H groups in total. The van der Waals surface area contributed by atoms with Gasteiger partial charge in [-0.25, -0.2) is 0 Å². The van der Waals surface area contributed by atoms with Crippen LogP contribution in [0.3, 0.4) is 0 Å². The van der Waals surface area contributed by atoms with Gasteiger partial charge < -0.3 is 9.13 Å². The average Bonchev–Trinajstić information content (AvgIpc) is 3.88. The van der Waals surface area contributed by atoms with Crippen LogP contribution >= 0.6 is 0 Å². The topological polar surface area (TPSA) is 9.86 Å². The summed E-state index contributed by atoms with van der Waals surface area (Å²) in [7, 11) is -2.80. The first-order valence-electron chi connectivity index (χ1n) is 21.8. The van der Waals surface area contributed by atoms with Gasteiger partial charge in [-0.2, -0.15) is 0 Å².